The molecule has 0 radical (unpaired) electrons. The number of urea groups is 1. The number of aromatic nitrogens is 1. The van der Waals surface area contributed by atoms with E-state index in [0.29, 0.717) is 5.56 Å². The molecule has 4 rings (SSSR count). The maximum atomic E-state index is 13.3. The van der Waals surface area contributed by atoms with Gasteiger partial charge in [0.2, 0.25) is 0 Å². The summed E-state index contributed by atoms with van der Waals surface area (Å²) in [5.74, 6) is -1.54. The fourth-order valence-electron chi connectivity index (χ4n) is 3.96. The lowest BCUT2D eigenvalue weighted by Crippen LogP contribution is -2.54. The molecule has 0 spiro atoms. The number of aryl methyl sites for hydroxylation is 3. The lowest BCUT2D eigenvalue weighted by atomic mass is 10.1. The zero-order valence-corrected chi connectivity index (χ0v) is 20.0. The van der Waals surface area contributed by atoms with Crippen LogP contribution in [-0.2, 0) is 9.59 Å². The number of rotatable bonds is 3. The number of halogens is 2. The van der Waals surface area contributed by atoms with Crippen LogP contribution in [0.15, 0.2) is 48.0 Å². The average molecular weight is 482 g/mol. The van der Waals surface area contributed by atoms with Gasteiger partial charge in [0.15, 0.2) is 0 Å². The highest BCUT2D eigenvalue weighted by molar-refractivity contribution is 6.46. The lowest BCUT2D eigenvalue weighted by Gasteiger charge is -2.27. The highest BCUT2D eigenvalue weighted by atomic mass is 35.5. The first-order valence-corrected chi connectivity index (χ1v) is 11.0. The number of nitrogens with one attached hydrogen (secondary N) is 1. The maximum Gasteiger partial charge on any atom is 0.336 e. The minimum atomic E-state index is -0.882. The van der Waals surface area contributed by atoms with Crippen molar-refractivity contribution in [1.29, 1.82) is 0 Å². The number of carbonyl (C=O) groups is 3. The number of benzene rings is 2. The van der Waals surface area contributed by atoms with E-state index >= 15 is 0 Å². The summed E-state index contributed by atoms with van der Waals surface area (Å²) in [6.07, 6.45) is 1.50. The Labute approximate surface area is 201 Å². The summed E-state index contributed by atoms with van der Waals surface area (Å²) in [6, 6.07) is 11.8. The minimum Gasteiger partial charge on any atom is -0.318 e. The van der Waals surface area contributed by atoms with E-state index in [4.69, 9.17) is 23.2 Å². The number of hydrogen-bond acceptors (Lipinski definition) is 3. The molecule has 1 aromatic heterocycles. The monoisotopic (exact) mass is 481 g/mol. The molecule has 0 bridgehead atoms. The second-order valence-corrected chi connectivity index (χ2v) is 8.77. The van der Waals surface area contributed by atoms with E-state index in [1.165, 1.54) is 12.1 Å². The predicted molar refractivity (Wildman–Crippen MR) is 130 cm³/mol. The van der Waals surface area contributed by atoms with Crippen LogP contribution < -0.4 is 10.2 Å². The first-order chi connectivity index (χ1) is 15.6. The molecule has 2 heterocycles. The van der Waals surface area contributed by atoms with E-state index in [-0.39, 0.29) is 21.3 Å². The summed E-state index contributed by atoms with van der Waals surface area (Å²) in [4.78, 5) is 39.2. The van der Waals surface area contributed by atoms with Gasteiger partial charge in [-0.05, 0) is 74.7 Å². The van der Waals surface area contributed by atoms with Gasteiger partial charge in [0.25, 0.3) is 11.8 Å². The van der Waals surface area contributed by atoms with Crippen molar-refractivity contribution in [3.63, 3.8) is 0 Å². The predicted octanol–water partition coefficient (Wildman–Crippen LogP) is 5.68. The number of nitrogens with zero attached hydrogens (tertiary/aromatic N) is 2. The van der Waals surface area contributed by atoms with Crippen molar-refractivity contribution in [3.05, 3.63) is 86.2 Å². The van der Waals surface area contributed by atoms with Crippen molar-refractivity contribution < 1.29 is 14.4 Å². The molecule has 1 fully saturated rings. The molecule has 0 unspecified atom stereocenters. The Kier molecular flexibility index (Phi) is 5.91. The summed E-state index contributed by atoms with van der Waals surface area (Å²) in [7, 11) is 0. The summed E-state index contributed by atoms with van der Waals surface area (Å²) in [5.41, 5.74) is 5.67. The first kappa shape index (κ1) is 22.8. The van der Waals surface area contributed by atoms with Gasteiger partial charge in [0, 0.05) is 17.1 Å². The third-order valence-electron chi connectivity index (χ3n) is 5.65. The molecular formula is C25H21Cl2N3O3. The normalized spacial score (nSPS) is 15.4. The number of carbonyl (C=O) groups excluding carboxylic acids is 3. The number of anilines is 1. The summed E-state index contributed by atoms with van der Waals surface area (Å²) >= 11 is 12.3. The molecule has 1 saturated heterocycles. The van der Waals surface area contributed by atoms with Gasteiger partial charge in [-0.15, -0.1) is 0 Å². The highest BCUT2D eigenvalue weighted by Crippen LogP contribution is 2.34. The van der Waals surface area contributed by atoms with Gasteiger partial charge in [-0.2, -0.15) is 0 Å². The Morgan fingerprint density at radius 3 is 2.36 bits per heavy atom. The average Bonchev–Trinajstić information content (AvgIpc) is 3.03. The fourth-order valence-corrected chi connectivity index (χ4v) is 4.34. The largest absolute Gasteiger partial charge is 0.336 e. The molecule has 8 heteroatoms. The van der Waals surface area contributed by atoms with Gasteiger partial charge >= 0.3 is 6.03 Å². The molecule has 6 nitrogen and oxygen atoms in total. The molecular weight excluding hydrogens is 461 g/mol. The number of barbiturate groups is 1. The SMILES string of the molecule is Cc1ccc(C)c(-n2c(C)cc(/C=C3\C(=O)NC(=O)N(c4cccc(Cl)c4Cl)C3=O)c2C)c1. The Hall–Kier alpha value is -3.35. The zero-order valence-electron chi connectivity index (χ0n) is 18.5. The van der Waals surface area contributed by atoms with E-state index in [1.807, 2.05) is 39.8 Å². The van der Waals surface area contributed by atoms with Crippen LogP contribution in [0.3, 0.4) is 0 Å². The van der Waals surface area contributed by atoms with Crippen LogP contribution in [0.25, 0.3) is 11.8 Å². The molecule has 2 aromatic carbocycles. The van der Waals surface area contributed by atoms with Crippen molar-refractivity contribution in [1.82, 2.24) is 9.88 Å². The molecule has 1 aliphatic rings. The fraction of sp³-hybridized carbons (Fsp3) is 0.160. The topological polar surface area (TPSA) is 71.4 Å². The van der Waals surface area contributed by atoms with Crippen LogP contribution in [0.4, 0.5) is 10.5 Å². The Morgan fingerprint density at radius 2 is 1.64 bits per heavy atom. The van der Waals surface area contributed by atoms with Gasteiger partial charge in [0.05, 0.1) is 15.7 Å². The quantitative estimate of drug-likeness (QED) is 0.386. The molecule has 3 aromatic rings. The van der Waals surface area contributed by atoms with E-state index in [2.05, 4.69) is 22.0 Å². The van der Waals surface area contributed by atoms with Gasteiger partial charge in [-0.25, -0.2) is 9.69 Å². The molecule has 0 aliphatic carbocycles. The molecule has 0 saturated carbocycles. The zero-order chi connectivity index (χ0) is 24.0. The molecule has 4 amide bonds. The van der Waals surface area contributed by atoms with Crippen LogP contribution in [0.1, 0.15) is 28.1 Å². The van der Waals surface area contributed by atoms with Crippen molar-refractivity contribution in [3.8, 4) is 5.69 Å². The van der Waals surface area contributed by atoms with Crippen LogP contribution in [0.5, 0.6) is 0 Å². The molecule has 1 aliphatic heterocycles. The van der Waals surface area contributed by atoms with Crippen molar-refractivity contribution in [2.45, 2.75) is 27.7 Å². The number of amides is 4. The van der Waals surface area contributed by atoms with Gasteiger partial charge in [0.1, 0.15) is 5.57 Å². The number of hydrogen-bond donors (Lipinski definition) is 1. The van der Waals surface area contributed by atoms with Gasteiger partial charge < -0.3 is 4.57 Å². The highest BCUT2D eigenvalue weighted by Gasteiger charge is 2.38. The molecule has 168 valence electrons. The van der Waals surface area contributed by atoms with E-state index in [0.717, 1.165) is 33.1 Å². The standard InChI is InChI=1S/C25H21Cl2N3O3/c1-13-8-9-14(2)21(10-13)29-15(3)11-17(16(29)4)12-18-23(31)28-25(33)30(24(18)32)20-7-5-6-19(26)22(20)27/h5-12H,1-4H3,(H,28,31,33)/b18-12+. The second kappa shape index (κ2) is 8.54. The Bertz CT molecular complexity index is 1370. The molecule has 1 N–H and O–H groups in total. The van der Waals surface area contributed by atoms with Crippen LogP contribution >= 0.6 is 23.2 Å². The third kappa shape index (κ3) is 3.96. The summed E-state index contributed by atoms with van der Waals surface area (Å²) in [5, 5.41) is 2.45. The molecule has 33 heavy (non-hydrogen) atoms. The number of imide groups is 2. The smallest absolute Gasteiger partial charge is 0.318 e. The van der Waals surface area contributed by atoms with Crippen molar-refractivity contribution >= 4 is 52.8 Å². The van der Waals surface area contributed by atoms with Gasteiger partial charge in [-0.3, -0.25) is 14.9 Å². The van der Waals surface area contributed by atoms with Crippen molar-refractivity contribution in [2.75, 3.05) is 4.90 Å². The Morgan fingerprint density at radius 1 is 0.909 bits per heavy atom. The summed E-state index contributed by atoms with van der Waals surface area (Å²) in [6.45, 7) is 7.93. The van der Waals surface area contributed by atoms with E-state index in [9.17, 15) is 14.4 Å². The molecule has 0 atom stereocenters. The van der Waals surface area contributed by atoms with Crippen LogP contribution in [0, 0.1) is 27.7 Å². The van der Waals surface area contributed by atoms with E-state index in [1.54, 1.807) is 12.1 Å². The van der Waals surface area contributed by atoms with Gasteiger partial charge in [-0.1, -0.05) is 41.4 Å². The van der Waals surface area contributed by atoms with Crippen LogP contribution in [0.2, 0.25) is 10.0 Å². The maximum absolute atomic E-state index is 13.3. The minimum absolute atomic E-state index is 0.0458. The Balaban J connectivity index is 1.81. The lowest BCUT2D eigenvalue weighted by molar-refractivity contribution is -0.122. The van der Waals surface area contributed by atoms with Crippen LogP contribution in [-0.4, -0.2) is 22.4 Å². The first-order valence-electron chi connectivity index (χ1n) is 10.2. The third-order valence-corrected chi connectivity index (χ3v) is 6.46. The summed E-state index contributed by atoms with van der Waals surface area (Å²) < 4.78 is 2.08. The van der Waals surface area contributed by atoms with Crippen molar-refractivity contribution in [2.24, 2.45) is 0 Å². The van der Waals surface area contributed by atoms with E-state index < -0.39 is 17.8 Å². The second-order valence-electron chi connectivity index (χ2n) is 7.98.